The minimum atomic E-state index is 0.518. The van der Waals surface area contributed by atoms with Crippen molar-refractivity contribution < 1.29 is 0 Å². The molecular formula is C44H33N3. The molecular weight excluding hydrogens is 571 g/mol. The lowest BCUT2D eigenvalue weighted by molar-refractivity contribution is 1.19. The summed E-state index contributed by atoms with van der Waals surface area (Å²) in [6.45, 7) is 3.75. The minimum Gasteiger partial charge on any atom is -0.309 e. The van der Waals surface area contributed by atoms with Crippen LogP contribution in [0.1, 0.15) is 19.5 Å². The van der Waals surface area contributed by atoms with Gasteiger partial charge in [-0.2, -0.15) is 0 Å². The Morgan fingerprint density at radius 1 is 0.574 bits per heavy atom. The average molecular weight is 604 g/mol. The Bertz CT molecular complexity index is 2470. The van der Waals surface area contributed by atoms with Gasteiger partial charge in [-0.15, -0.1) is 0 Å². The quantitative estimate of drug-likeness (QED) is 0.189. The number of aromatic nitrogens is 2. The number of hydrogen-bond acceptors (Lipinski definition) is 2. The molecule has 8 rings (SSSR count). The molecule has 0 aliphatic rings. The van der Waals surface area contributed by atoms with Crippen LogP contribution in [0.3, 0.4) is 0 Å². The first-order chi connectivity index (χ1) is 23.1. The Morgan fingerprint density at radius 2 is 1.19 bits per heavy atom. The van der Waals surface area contributed by atoms with E-state index in [9.17, 15) is 0 Å². The van der Waals surface area contributed by atoms with Crippen LogP contribution >= 0.6 is 0 Å². The first kappa shape index (κ1) is 28.4. The third kappa shape index (κ3) is 5.03. The molecule has 0 saturated carbocycles. The van der Waals surface area contributed by atoms with Crippen LogP contribution in [0.4, 0.5) is 0 Å². The molecule has 0 aliphatic carbocycles. The van der Waals surface area contributed by atoms with Crippen molar-refractivity contribution >= 4 is 43.9 Å². The maximum absolute atomic E-state index is 8.07. The highest BCUT2D eigenvalue weighted by atomic mass is 15.0. The van der Waals surface area contributed by atoms with E-state index in [2.05, 4.69) is 144 Å². The van der Waals surface area contributed by atoms with Crippen LogP contribution < -0.4 is 0 Å². The smallest absolute Gasteiger partial charge is 0.0717 e. The number of benzene rings is 6. The maximum Gasteiger partial charge on any atom is 0.0717 e. The lowest BCUT2D eigenvalue weighted by atomic mass is 9.98. The zero-order chi connectivity index (χ0) is 31.9. The molecule has 0 unspecified atom stereocenters. The van der Waals surface area contributed by atoms with Gasteiger partial charge in [-0.05, 0) is 83.4 Å². The summed E-state index contributed by atoms with van der Waals surface area (Å²) in [5.74, 6) is 0. The molecule has 47 heavy (non-hydrogen) atoms. The van der Waals surface area contributed by atoms with Crippen molar-refractivity contribution in [2.75, 3.05) is 0 Å². The second-order valence-corrected chi connectivity index (χ2v) is 12.0. The van der Waals surface area contributed by atoms with Crippen LogP contribution in [0.2, 0.25) is 0 Å². The predicted molar refractivity (Wildman–Crippen MR) is 199 cm³/mol. The molecule has 3 heteroatoms. The van der Waals surface area contributed by atoms with Crippen molar-refractivity contribution in [1.82, 2.24) is 9.55 Å². The van der Waals surface area contributed by atoms with Gasteiger partial charge in [0.1, 0.15) is 0 Å². The maximum atomic E-state index is 8.07. The summed E-state index contributed by atoms with van der Waals surface area (Å²) in [6, 6.07) is 52.3. The molecule has 0 bridgehead atoms. The van der Waals surface area contributed by atoms with E-state index < -0.39 is 0 Å². The minimum absolute atomic E-state index is 0.518. The number of fused-ring (bicyclic) bond motifs is 5. The van der Waals surface area contributed by atoms with Crippen molar-refractivity contribution in [2.24, 2.45) is 0 Å². The predicted octanol–water partition coefficient (Wildman–Crippen LogP) is 11.8. The zero-order valence-electron chi connectivity index (χ0n) is 26.4. The van der Waals surface area contributed by atoms with Crippen molar-refractivity contribution in [3.63, 3.8) is 0 Å². The lowest BCUT2D eigenvalue weighted by Gasteiger charge is -2.12. The molecule has 2 heterocycles. The standard InChI is InChI=1S/C44H33N3/c1-3-38(29(2)45)42-24-20-36(28-46-42)33-17-21-39-35(26-33)19-23-41-40-22-18-34(27-43(40)47(44(39)41)37-15-8-5-9-16-37)32-14-10-13-31(25-32)30-11-6-4-7-12-30/h3-28,45H,1-2H3/b38-3+,45-29?. The Balaban J connectivity index is 1.29. The van der Waals surface area contributed by atoms with E-state index in [0.29, 0.717) is 5.71 Å². The molecule has 1 N–H and O–H groups in total. The number of pyridine rings is 1. The molecule has 224 valence electrons. The summed E-state index contributed by atoms with van der Waals surface area (Å²) < 4.78 is 2.42. The van der Waals surface area contributed by atoms with E-state index in [1.807, 2.05) is 25.3 Å². The van der Waals surface area contributed by atoms with Gasteiger partial charge < -0.3 is 9.98 Å². The van der Waals surface area contributed by atoms with Gasteiger partial charge in [0, 0.05) is 44.9 Å². The number of nitrogens with zero attached hydrogens (tertiary/aromatic N) is 2. The van der Waals surface area contributed by atoms with Gasteiger partial charge in [0.05, 0.1) is 16.7 Å². The number of hydrogen-bond donors (Lipinski definition) is 1. The fraction of sp³-hybridized carbons (Fsp3) is 0.0455. The van der Waals surface area contributed by atoms with Gasteiger partial charge in [0.2, 0.25) is 0 Å². The van der Waals surface area contributed by atoms with Gasteiger partial charge in [-0.1, -0.05) is 115 Å². The Morgan fingerprint density at radius 3 is 1.89 bits per heavy atom. The van der Waals surface area contributed by atoms with Crippen LogP contribution in [0.15, 0.2) is 158 Å². The van der Waals surface area contributed by atoms with Gasteiger partial charge >= 0.3 is 0 Å². The molecule has 0 aliphatic heterocycles. The third-order valence-corrected chi connectivity index (χ3v) is 9.13. The Labute approximate surface area is 274 Å². The second kappa shape index (κ2) is 11.7. The van der Waals surface area contributed by atoms with Gasteiger partial charge in [0.25, 0.3) is 0 Å². The molecule has 6 aromatic carbocycles. The molecule has 0 atom stereocenters. The molecule has 3 nitrogen and oxygen atoms in total. The first-order valence-corrected chi connectivity index (χ1v) is 16.0. The highest BCUT2D eigenvalue weighted by Crippen LogP contribution is 2.39. The summed E-state index contributed by atoms with van der Waals surface area (Å²) in [4.78, 5) is 4.70. The average Bonchev–Trinajstić information content (AvgIpc) is 3.47. The van der Waals surface area contributed by atoms with E-state index in [1.165, 1.54) is 54.8 Å². The molecule has 0 fully saturated rings. The summed E-state index contributed by atoms with van der Waals surface area (Å²) >= 11 is 0. The van der Waals surface area contributed by atoms with E-state index >= 15 is 0 Å². The number of nitrogens with one attached hydrogen (secondary N) is 1. The molecule has 0 spiro atoms. The highest BCUT2D eigenvalue weighted by Gasteiger charge is 2.17. The van der Waals surface area contributed by atoms with E-state index in [1.54, 1.807) is 6.92 Å². The zero-order valence-corrected chi connectivity index (χ0v) is 26.4. The SMILES string of the molecule is C/C=C(\C(C)=N)c1ccc(-c2ccc3c(ccc4c5ccc(-c6cccc(-c7ccccc7)c6)cc5n(-c5ccccc5)c34)c2)cn1. The summed E-state index contributed by atoms with van der Waals surface area (Å²) in [7, 11) is 0. The normalized spacial score (nSPS) is 11.8. The van der Waals surface area contributed by atoms with Crippen LogP contribution in [0, 0.1) is 5.41 Å². The molecule has 8 aromatic rings. The number of allylic oxidation sites excluding steroid dienone is 2. The molecule has 2 aromatic heterocycles. The van der Waals surface area contributed by atoms with E-state index in [4.69, 9.17) is 10.4 Å². The number of para-hydroxylation sites is 1. The van der Waals surface area contributed by atoms with Crippen LogP contribution in [-0.4, -0.2) is 15.3 Å². The summed E-state index contributed by atoms with van der Waals surface area (Å²) in [5, 5.41) is 12.9. The molecule has 0 radical (unpaired) electrons. The van der Waals surface area contributed by atoms with Gasteiger partial charge in [-0.25, -0.2) is 0 Å². The summed E-state index contributed by atoms with van der Waals surface area (Å²) in [6.07, 6.45) is 3.86. The van der Waals surface area contributed by atoms with Crippen molar-refractivity contribution in [1.29, 1.82) is 5.41 Å². The second-order valence-electron chi connectivity index (χ2n) is 12.0. The van der Waals surface area contributed by atoms with Gasteiger partial charge in [0.15, 0.2) is 0 Å². The summed E-state index contributed by atoms with van der Waals surface area (Å²) in [5.41, 5.74) is 12.7. The topological polar surface area (TPSA) is 41.7 Å². The fourth-order valence-electron chi connectivity index (χ4n) is 6.83. The van der Waals surface area contributed by atoms with Crippen LogP contribution in [-0.2, 0) is 0 Å². The highest BCUT2D eigenvalue weighted by molar-refractivity contribution is 6.21. The van der Waals surface area contributed by atoms with Gasteiger partial charge in [-0.3, -0.25) is 4.98 Å². The fourth-order valence-corrected chi connectivity index (χ4v) is 6.83. The first-order valence-electron chi connectivity index (χ1n) is 16.0. The largest absolute Gasteiger partial charge is 0.309 e. The van der Waals surface area contributed by atoms with Crippen molar-refractivity contribution in [2.45, 2.75) is 13.8 Å². The van der Waals surface area contributed by atoms with Crippen molar-refractivity contribution in [3.05, 3.63) is 164 Å². The van der Waals surface area contributed by atoms with Crippen LogP contribution in [0.5, 0.6) is 0 Å². The molecule has 0 amide bonds. The lowest BCUT2D eigenvalue weighted by Crippen LogP contribution is -1.97. The van der Waals surface area contributed by atoms with Crippen LogP contribution in [0.25, 0.3) is 77.2 Å². The van der Waals surface area contributed by atoms with E-state index in [0.717, 1.165) is 28.1 Å². The third-order valence-electron chi connectivity index (χ3n) is 9.13. The van der Waals surface area contributed by atoms with E-state index in [-0.39, 0.29) is 0 Å². The monoisotopic (exact) mass is 603 g/mol. The Kier molecular flexibility index (Phi) is 7.08. The molecule has 0 saturated heterocycles. The Hall–Kier alpha value is -6.06. The number of rotatable bonds is 6. The van der Waals surface area contributed by atoms with Crippen molar-refractivity contribution in [3.8, 4) is 39.1 Å².